The average Bonchev–Trinajstić information content (AvgIpc) is 3.20. The molecular formula is C20H22FN5O4S. The highest BCUT2D eigenvalue weighted by Crippen LogP contribution is 2.23. The number of amides is 1. The maximum absolute atomic E-state index is 12.9. The summed E-state index contributed by atoms with van der Waals surface area (Å²) < 4.78 is 40.3. The van der Waals surface area contributed by atoms with Gasteiger partial charge < -0.3 is 10.2 Å². The summed E-state index contributed by atoms with van der Waals surface area (Å²) in [7, 11) is -3.62. The summed E-state index contributed by atoms with van der Waals surface area (Å²) >= 11 is 0. The molecule has 0 unspecified atom stereocenters. The third kappa shape index (κ3) is 4.83. The molecule has 4 rings (SSSR count). The van der Waals surface area contributed by atoms with Gasteiger partial charge in [0.2, 0.25) is 10.0 Å². The van der Waals surface area contributed by atoms with E-state index in [0.29, 0.717) is 24.1 Å². The summed E-state index contributed by atoms with van der Waals surface area (Å²) in [5.41, 5.74) is 1.54. The third-order valence-corrected chi connectivity index (χ3v) is 6.95. The molecule has 1 fully saturated rings. The molecule has 164 valence electrons. The Bertz CT molecular complexity index is 1170. The van der Waals surface area contributed by atoms with Crippen molar-refractivity contribution in [2.75, 3.05) is 19.7 Å². The van der Waals surface area contributed by atoms with Gasteiger partial charge in [-0.05, 0) is 54.0 Å². The molecule has 2 aromatic carbocycles. The molecule has 0 bridgehead atoms. The molecule has 1 aliphatic rings. The summed E-state index contributed by atoms with van der Waals surface area (Å²) in [4.78, 5) is 18.7. The molecule has 11 heteroatoms. The molecule has 1 aliphatic heterocycles. The van der Waals surface area contributed by atoms with E-state index >= 15 is 0 Å². The molecule has 1 N–H and O–H groups in total. The van der Waals surface area contributed by atoms with E-state index in [-0.39, 0.29) is 23.9 Å². The van der Waals surface area contributed by atoms with Gasteiger partial charge in [0, 0.05) is 19.6 Å². The predicted molar refractivity (Wildman–Crippen MR) is 110 cm³/mol. The number of sulfonamides is 1. The van der Waals surface area contributed by atoms with Crippen molar-refractivity contribution in [2.45, 2.75) is 30.7 Å². The molecule has 3 aromatic rings. The molecule has 1 saturated heterocycles. The van der Waals surface area contributed by atoms with Gasteiger partial charge in [-0.15, -0.1) is 5.10 Å². The normalized spacial score (nSPS) is 15.1. The Hall–Kier alpha value is -3.05. The molecule has 31 heavy (non-hydrogen) atoms. The number of nitrogens with zero attached hydrogens (tertiary/aromatic N) is 4. The number of fused-ring (bicyclic) bond motifs is 1. The number of rotatable bonds is 7. The number of hydrogen-bond donors (Lipinski definition) is 1. The summed E-state index contributed by atoms with van der Waals surface area (Å²) in [6, 6.07) is 10.3. The van der Waals surface area contributed by atoms with Crippen LogP contribution in [0.4, 0.5) is 4.39 Å². The Morgan fingerprint density at radius 3 is 2.58 bits per heavy atom. The highest BCUT2D eigenvalue weighted by Gasteiger charge is 2.26. The zero-order valence-electron chi connectivity index (χ0n) is 16.7. The van der Waals surface area contributed by atoms with Crippen LogP contribution in [0, 0.1) is 5.82 Å². The van der Waals surface area contributed by atoms with Crippen molar-refractivity contribution in [3.05, 3.63) is 53.8 Å². The summed E-state index contributed by atoms with van der Waals surface area (Å²) in [5.74, 6) is -0.761. The van der Waals surface area contributed by atoms with Crippen molar-refractivity contribution in [3.63, 3.8) is 0 Å². The van der Waals surface area contributed by atoms with Crippen molar-refractivity contribution >= 4 is 27.0 Å². The number of nitrogens with one attached hydrogen (secondary N) is 1. The van der Waals surface area contributed by atoms with Crippen LogP contribution < -0.4 is 10.2 Å². The van der Waals surface area contributed by atoms with Crippen LogP contribution in [0.1, 0.15) is 24.8 Å². The Morgan fingerprint density at radius 2 is 1.84 bits per heavy atom. The van der Waals surface area contributed by atoms with Gasteiger partial charge in [0.25, 0.3) is 5.91 Å². The number of aromatic nitrogens is 3. The summed E-state index contributed by atoms with van der Waals surface area (Å²) in [5, 5.41) is 10.4. The monoisotopic (exact) mass is 447 g/mol. The van der Waals surface area contributed by atoms with Crippen LogP contribution in [0.2, 0.25) is 0 Å². The first kappa shape index (κ1) is 21.2. The minimum Gasteiger partial charge on any atom is -0.385 e. The number of benzene rings is 2. The number of piperidine rings is 1. The van der Waals surface area contributed by atoms with Crippen molar-refractivity contribution in [1.29, 1.82) is 0 Å². The number of hydrogen-bond acceptors (Lipinski definition) is 6. The number of carbonyl (C=O) groups is 1. The van der Waals surface area contributed by atoms with E-state index in [0.717, 1.165) is 29.7 Å². The Labute approximate surface area is 178 Å². The van der Waals surface area contributed by atoms with Crippen LogP contribution in [0.15, 0.2) is 47.4 Å². The average molecular weight is 447 g/mol. The van der Waals surface area contributed by atoms with Crippen LogP contribution >= 0.6 is 0 Å². The fourth-order valence-electron chi connectivity index (χ4n) is 3.36. The van der Waals surface area contributed by atoms with Gasteiger partial charge in [0.1, 0.15) is 16.9 Å². The van der Waals surface area contributed by atoms with Gasteiger partial charge >= 0.3 is 0 Å². The van der Waals surface area contributed by atoms with Crippen molar-refractivity contribution in [3.8, 4) is 0 Å². The van der Waals surface area contributed by atoms with E-state index in [2.05, 4.69) is 15.6 Å². The van der Waals surface area contributed by atoms with Crippen molar-refractivity contribution in [2.24, 2.45) is 0 Å². The second kappa shape index (κ2) is 8.98. The molecule has 1 amide bonds. The van der Waals surface area contributed by atoms with Crippen LogP contribution in [0.3, 0.4) is 0 Å². The minimum atomic E-state index is -3.62. The smallest absolute Gasteiger partial charge is 0.261 e. The van der Waals surface area contributed by atoms with Crippen molar-refractivity contribution in [1.82, 2.24) is 24.8 Å². The van der Waals surface area contributed by atoms with Gasteiger partial charge in [-0.25, -0.2) is 12.8 Å². The van der Waals surface area contributed by atoms with Gasteiger partial charge in [-0.1, -0.05) is 23.4 Å². The van der Waals surface area contributed by atoms with Crippen LogP contribution in [-0.4, -0.2) is 53.5 Å². The summed E-state index contributed by atoms with van der Waals surface area (Å²) in [6.45, 7) is 0.882. The fraction of sp³-hybridized carbons (Fsp3) is 0.350. The zero-order chi connectivity index (χ0) is 21.8. The molecule has 0 spiro atoms. The second-order valence-corrected chi connectivity index (χ2v) is 9.19. The lowest BCUT2D eigenvalue weighted by Crippen LogP contribution is -2.35. The van der Waals surface area contributed by atoms with E-state index in [9.17, 15) is 17.6 Å². The van der Waals surface area contributed by atoms with Crippen LogP contribution in [-0.2, 0) is 21.4 Å². The highest BCUT2D eigenvalue weighted by atomic mass is 32.2. The highest BCUT2D eigenvalue weighted by molar-refractivity contribution is 7.89. The first-order valence-corrected chi connectivity index (χ1v) is 11.4. The Morgan fingerprint density at radius 1 is 1.10 bits per heavy atom. The molecular weight excluding hydrogens is 425 g/mol. The lowest BCUT2D eigenvalue weighted by molar-refractivity contribution is -0.126. The topological polar surface area (TPSA) is 106 Å². The molecule has 1 aromatic heterocycles. The lowest BCUT2D eigenvalue weighted by Gasteiger charge is -2.25. The SMILES string of the molecule is O=C(COn1nnc2ccc(S(=O)(=O)N3CCCCC3)cc21)NCc1ccc(F)cc1. The largest absolute Gasteiger partial charge is 0.385 e. The molecule has 9 nitrogen and oxygen atoms in total. The molecule has 0 radical (unpaired) electrons. The Kier molecular flexibility index (Phi) is 6.14. The van der Waals surface area contributed by atoms with Gasteiger partial charge in [-0.3, -0.25) is 4.79 Å². The Balaban J connectivity index is 1.42. The minimum absolute atomic E-state index is 0.134. The second-order valence-electron chi connectivity index (χ2n) is 7.25. The van der Waals surface area contributed by atoms with E-state index in [4.69, 9.17) is 4.84 Å². The molecule has 0 atom stereocenters. The maximum Gasteiger partial charge on any atom is 0.261 e. The van der Waals surface area contributed by atoms with Crippen LogP contribution in [0.5, 0.6) is 0 Å². The molecule has 0 saturated carbocycles. The molecule has 0 aliphatic carbocycles. The van der Waals surface area contributed by atoms with E-state index < -0.39 is 15.9 Å². The summed E-state index contributed by atoms with van der Waals surface area (Å²) in [6.07, 6.45) is 2.72. The third-order valence-electron chi connectivity index (χ3n) is 5.06. The lowest BCUT2D eigenvalue weighted by atomic mass is 10.2. The standard InChI is InChI=1S/C20H22FN5O4S/c21-16-6-4-15(5-7-16)13-22-20(27)14-30-26-19-12-17(8-9-18(19)23-24-26)31(28,29)25-10-2-1-3-11-25/h4-9,12H,1-3,10-11,13-14H2,(H,22,27). The van der Waals surface area contributed by atoms with E-state index in [1.807, 2.05) is 0 Å². The van der Waals surface area contributed by atoms with Gasteiger partial charge in [0.05, 0.1) is 4.90 Å². The van der Waals surface area contributed by atoms with Crippen LogP contribution in [0.25, 0.3) is 11.0 Å². The maximum atomic E-state index is 12.9. The number of halogens is 1. The first-order valence-electron chi connectivity index (χ1n) is 9.93. The van der Waals surface area contributed by atoms with Gasteiger partial charge in [-0.2, -0.15) is 4.31 Å². The van der Waals surface area contributed by atoms with Crippen molar-refractivity contribution < 1.29 is 22.4 Å². The quantitative estimate of drug-likeness (QED) is 0.588. The zero-order valence-corrected chi connectivity index (χ0v) is 17.5. The fourth-order valence-corrected chi connectivity index (χ4v) is 4.90. The van der Waals surface area contributed by atoms with Gasteiger partial charge in [0.15, 0.2) is 6.61 Å². The first-order chi connectivity index (χ1) is 14.9. The predicted octanol–water partition coefficient (Wildman–Crippen LogP) is 1.49. The van der Waals surface area contributed by atoms with E-state index in [1.165, 1.54) is 28.6 Å². The molecule has 2 heterocycles. The number of carbonyl (C=O) groups excluding carboxylic acids is 1. The van der Waals surface area contributed by atoms with E-state index in [1.54, 1.807) is 18.2 Å².